The van der Waals surface area contributed by atoms with Crippen molar-refractivity contribution in [3.05, 3.63) is 59.1 Å². The summed E-state index contributed by atoms with van der Waals surface area (Å²) in [6, 6.07) is 8.35. The second-order valence-corrected chi connectivity index (χ2v) is 4.80. The van der Waals surface area contributed by atoms with Gasteiger partial charge in [0.2, 0.25) is 0 Å². The van der Waals surface area contributed by atoms with Crippen LogP contribution in [0.4, 0.5) is 0 Å². The summed E-state index contributed by atoms with van der Waals surface area (Å²) in [6.45, 7) is 2.94. The maximum Gasteiger partial charge on any atom is 0.115 e. The number of nitrogens with zero attached hydrogens (tertiary/aromatic N) is 2. The molecule has 1 aromatic heterocycles. The quantitative estimate of drug-likeness (QED) is 0.899. The first-order chi connectivity index (χ1) is 8.74. The van der Waals surface area contributed by atoms with Crippen molar-refractivity contribution in [1.82, 2.24) is 15.3 Å². The Morgan fingerprint density at radius 2 is 2.00 bits per heavy atom. The minimum atomic E-state index is 0.378. The van der Waals surface area contributed by atoms with Gasteiger partial charge in [-0.2, -0.15) is 0 Å². The molecule has 0 spiro atoms. The molecule has 1 aromatic carbocycles. The van der Waals surface area contributed by atoms with E-state index < -0.39 is 0 Å². The summed E-state index contributed by atoms with van der Waals surface area (Å²) >= 11 is 5.96. The molecule has 0 aliphatic rings. The van der Waals surface area contributed by atoms with Crippen LogP contribution in [0.2, 0.25) is 5.02 Å². The van der Waals surface area contributed by atoms with Gasteiger partial charge in [0.25, 0.3) is 0 Å². The van der Waals surface area contributed by atoms with Gasteiger partial charge in [-0.25, -0.2) is 9.97 Å². The van der Waals surface area contributed by atoms with Gasteiger partial charge in [-0.3, -0.25) is 0 Å². The van der Waals surface area contributed by atoms with Crippen LogP contribution in [0.15, 0.2) is 43.0 Å². The van der Waals surface area contributed by atoms with E-state index in [0.29, 0.717) is 6.04 Å². The highest BCUT2D eigenvalue weighted by molar-refractivity contribution is 6.30. The molecule has 1 atom stereocenters. The van der Waals surface area contributed by atoms with Crippen LogP contribution in [0.25, 0.3) is 0 Å². The summed E-state index contributed by atoms with van der Waals surface area (Å²) in [4.78, 5) is 7.98. The van der Waals surface area contributed by atoms with Crippen molar-refractivity contribution in [1.29, 1.82) is 0 Å². The first-order valence-electron chi connectivity index (χ1n) is 5.96. The van der Waals surface area contributed by atoms with Crippen LogP contribution in [0.1, 0.15) is 18.1 Å². The lowest BCUT2D eigenvalue weighted by Crippen LogP contribution is -2.27. The number of nitrogens with one attached hydrogen (secondary N) is 1. The second-order valence-electron chi connectivity index (χ2n) is 4.36. The summed E-state index contributed by atoms with van der Waals surface area (Å²) < 4.78 is 0. The highest BCUT2D eigenvalue weighted by Gasteiger charge is 2.04. The zero-order chi connectivity index (χ0) is 12.8. The summed E-state index contributed by atoms with van der Waals surface area (Å²) in [5.74, 6) is 0. The van der Waals surface area contributed by atoms with Crippen molar-refractivity contribution in [2.24, 2.45) is 0 Å². The molecule has 0 radical (unpaired) electrons. The topological polar surface area (TPSA) is 37.8 Å². The molecule has 0 saturated carbocycles. The van der Waals surface area contributed by atoms with Crippen LogP contribution in [0, 0.1) is 0 Å². The molecule has 4 heteroatoms. The first-order valence-corrected chi connectivity index (χ1v) is 6.33. The van der Waals surface area contributed by atoms with Crippen LogP contribution in [0.5, 0.6) is 0 Å². The maximum absolute atomic E-state index is 5.96. The van der Waals surface area contributed by atoms with Gasteiger partial charge in [-0.1, -0.05) is 23.7 Å². The van der Waals surface area contributed by atoms with Gasteiger partial charge in [0.15, 0.2) is 0 Å². The number of rotatable bonds is 5. The lowest BCUT2D eigenvalue weighted by molar-refractivity contribution is 0.544. The van der Waals surface area contributed by atoms with Crippen molar-refractivity contribution in [3.63, 3.8) is 0 Å². The predicted octanol–water partition coefficient (Wildman–Crippen LogP) is 2.85. The minimum absolute atomic E-state index is 0.378. The Morgan fingerprint density at radius 1 is 1.22 bits per heavy atom. The zero-order valence-corrected chi connectivity index (χ0v) is 11.1. The molecular weight excluding hydrogens is 246 g/mol. The van der Waals surface area contributed by atoms with E-state index in [1.165, 1.54) is 5.56 Å². The number of hydrogen-bond acceptors (Lipinski definition) is 3. The van der Waals surface area contributed by atoms with Crippen molar-refractivity contribution in [3.8, 4) is 0 Å². The molecule has 0 aliphatic carbocycles. The van der Waals surface area contributed by atoms with Crippen LogP contribution >= 0.6 is 11.6 Å². The van der Waals surface area contributed by atoms with Gasteiger partial charge in [0, 0.05) is 35.6 Å². The maximum atomic E-state index is 5.96. The van der Waals surface area contributed by atoms with Gasteiger partial charge in [0.1, 0.15) is 6.33 Å². The molecule has 18 heavy (non-hydrogen) atoms. The lowest BCUT2D eigenvalue weighted by Gasteiger charge is -2.13. The van der Waals surface area contributed by atoms with Gasteiger partial charge < -0.3 is 5.32 Å². The molecule has 0 bridgehead atoms. The molecule has 0 fully saturated rings. The summed E-state index contributed by atoms with van der Waals surface area (Å²) in [7, 11) is 0. The molecule has 1 unspecified atom stereocenters. The smallest absolute Gasteiger partial charge is 0.115 e. The summed E-state index contributed by atoms with van der Waals surface area (Å²) in [5.41, 5.74) is 2.34. The largest absolute Gasteiger partial charge is 0.310 e. The van der Waals surface area contributed by atoms with Crippen LogP contribution in [-0.4, -0.2) is 16.0 Å². The normalized spacial score (nSPS) is 12.3. The van der Waals surface area contributed by atoms with E-state index >= 15 is 0 Å². The van der Waals surface area contributed by atoms with E-state index in [1.807, 2.05) is 30.6 Å². The van der Waals surface area contributed by atoms with E-state index in [0.717, 1.165) is 23.6 Å². The van der Waals surface area contributed by atoms with E-state index in [1.54, 1.807) is 6.33 Å². The molecule has 1 heterocycles. The fourth-order valence-electron chi connectivity index (χ4n) is 1.80. The number of halogens is 1. The highest BCUT2D eigenvalue weighted by atomic mass is 35.5. The van der Waals surface area contributed by atoms with Crippen molar-refractivity contribution >= 4 is 11.6 Å². The van der Waals surface area contributed by atoms with Crippen LogP contribution in [-0.2, 0) is 13.0 Å². The SMILES string of the molecule is CC(Cc1cccc(Cl)c1)NCc1cncnc1. The Morgan fingerprint density at radius 3 is 2.72 bits per heavy atom. The Bertz CT molecular complexity index is 487. The Kier molecular flexibility index (Phi) is 4.67. The third-order valence-corrected chi connectivity index (χ3v) is 2.93. The highest BCUT2D eigenvalue weighted by Crippen LogP contribution is 2.12. The van der Waals surface area contributed by atoms with E-state index in [-0.39, 0.29) is 0 Å². The zero-order valence-electron chi connectivity index (χ0n) is 10.3. The van der Waals surface area contributed by atoms with Crippen molar-refractivity contribution in [2.75, 3.05) is 0 Å². The number of benzene rings is 1. The predicted molar refractivity (Wildman–Crippen MR) is 73.5 cm³/mol. The monoisotopic (exact) mass is 261 g/mol. The standard InChI is InChI=1S/C14H16ClN3/c1-11(5-12-3-2-4-14(15)6-12)18-9-13-7-16-10-17-8-13/h2-4,6-8,10-11,18H,5,9H2,1H3. The minimum Gasteiger partial charge on any atom is -0.310 e. The molecular formula is C14H16ClN3. The van der Waals surface area contributed by atoms with E-state index in [9.17, 15) is 0 Å². The van der Waals surface area contributed by atoms with Crippen molar-refractivity contribution < 1.29 is 0 Å². The van der Waals surface area contributed by atoms with Crippen LogP contribution in [0.3, 0.4) is 0 Å². The van der Waals surface area contributed by atoms with E-state index in [2.05, 4.69) is 28.3 Å². The molecule has 2 rings (SSSR count). The Balaban J connectivity index is 1.84. The summed E-state index contributed by atoms with van der Waals surface area (Å²) in [5, 5.41) is 4.23. The third kappa shape index (κ3) is 4.09. The lowest BCUT2D eigenvalue weighted by atomic mass is 10.1. The average Bonchev–Trinajstić information content (AvgIpc) is 2.38. The number of hydrogen-bond donors (Lipinski definition) is 1. The molecule has 2 aromatic rings. The van der Waals surface area contributed by atoms with Gasteiger partial charge in [0.05, 0.1) is 0 Å². The van der Waals surface area contributed by atoms with Crippen molar-refractivity contribution in [2.45, 2.75) is 25.9 Å². The fraction of sp³-hybridized carbons (Fsp3) is 0.286. The van der Waals surface area contributed by atoms with Gasteiger partial charge >= 0.3 is 0 Å². The fourth-order valence-corrected chi connectivity index (χ4v) is 2.02. The third-order valence-electron chi connectivity index (χ3n) is 2.70. The summed E-state index contributed by atoms with van der Waals surface area (Å²) in [6.07, 6.45) is 6.14. The molecule has 3 nitrogen and oxygen atoms in total. The molecule has 0 aliphatic heterocycles. The average molecular weight is 262 g/mol. The second kappa shape index (κ2) is 6.47. The first kappa shape index (κ1) is 13.0. The van der Waals surface area contributed by atoms with Crippen LogP contribution < -0.4 is 5.32 Å². The number of aromatic nitrogens is 2. The molecule has 0 amide bonds. The molecule has 0 saturated heterocycles. The molecule has 94 valence electrons. The Labute approximate surface area is 112 Å². The molecule has 1 N–H and O–H groups in total. The van der Waals surface area contributed by atoms with E-state index in [4.69, 9.17) is 11.6 Å². The van der Waals surface area contributed by atoms with Gasteiger partial charge in [-0.15, -0.1) is 0 Å². The van der Waals surface area contributed by atoms with Gasteiger partial charge in [-0.05, 0) is 31.0 Å². The Hall–Kier alpha value is -1.45.